The van der Waals surface area contributed by atoms with Gasteiger partial charge in [-0.25, -0.2) is 9.97 Å². The third-order valence-electron chi connectivity index (χ3n) is 6.13. The van der Waals surface area contributed by atoms with E-state index >= 15 is 0 Å². The topological polar surface area (TPSA) is 132 Å². The first-order chi connectivity index (χ1) is 17.3. The van der Waals surface area contributed by atoms with Crippen molar-refractivity contribution in [3.05, 3.63) is 64.8 Å². The van der Waals surface area contributed by atoms with Crippen LogP contribution in [-0.4, -0.2) is 42.7 Å². The highest BCUT2D eigenvalue weighted by atomic mass is 16.5. The van der Waals surface area contributed by atoms with Gasteiger partial charge in [0.2, 0.25) is 5.95 Å². The zero-order valence-electron chi connectivity index (χ0n) is 20.1. The molecule has 0 unspecified atom stereocenters. The number of hydrogen-bond donors (Lipinski definition) is 1. The molecule has 9 nitrogen and oxygen atoms in total. The van der Waals surface area contributed by atoms with Crippen LogP contribution in [0.3, 0.4) is 0 Å². The number of carbonyl (C=O) groups excluding carboxylic acids is 2. The Morgan fingerprint density at radius 1 is 1.28 bits per heavy atom. The van der Waals surface area contributed by atoms with Gasteiger partial charge in [-0.3, -0.25) is 4.79 Å². The lowest BCUT2D eigenvalue weighted by Gasteiger charge is -2.23. The minimum absolute atomic E-state index is 0.170. The normalized spacial score (nSPS) is 15.9. The van der Waals surface area contributed by atoms with E-state index in [-0.39, 0.29) is 13.2 Å². The predicted molar refractivity (Wildman–Crippen MR) is 135 cm³/mol. The molecule has 1 aromatic heterocycles. The second kappa shape index (κ2) is 9.89. The van der Waals surface area contributed by atoms with Crippen molar-refractivity contribution in [2.75, 3.05) is 23.3 Å². The molecular weight excluding hydrogens is 455 g/mol. The van der Waals surface area contributed by atoms with E-state index in [9.17, 15) is 20.1 Å². The van der Waals surface area contributed by atoms with E-state index in [1.165, 1.54) is 7.41 Å². The first-order valence-corrected chi connectivity index (χ1v) is 11.3. The number of aromatic nitrogens is 2. The van der Waals surface area contributed by atoms with Crippen molar-refractivity contribution in [1.82, 2.24) is 9.97 Å². The van der Waals surface area contributed by atoms with Crippen LogP contribution >= 0.6 is 0 Å². The molecule has 0 fully saturated rings. The van der Waals surface area contributed by atoms with Crippen LogP contribution in [0.1, 0.15) is 36.1 Å². The second-order valence-corrected chi connectivity index (χ2v) is 8.53. The maximum atomic E-state index is 13.0. The van der Waals surface area contributed by atoms with Gasteiger partial charge in [0.25, 0.3) is 0 Å². The number of nitrogens with one attached hydrogen (secondary N) is 1. The molecule has 1 N–H and O–H groups in total. The van der Waals surface area contributed by atoms with Crippen LogP contribution in [0.15, 0.2) is 42.6 Å². The zero-order valence-corrected chi connectivity index (χ0v) is 20.1. The van der Waals surface area contributed by atoms with Gasteiger partial charge in [-0.15, -0.1) is 0 Å². The molecule has 36 heavy (non-hydrogen) atoms. The molecule has 0 spiro atoms. The summed E-state index contributed by atoms with van der Waals surface area (Å²) in [6.07, 6.45) is 2.21. The van der Waals surface area contributed by atoms with Crippen LogP contribution < -0.4 is 10.1 Å². The van der Waals surface area contributed by atoms with Gasteiger partial charge in [0.1, 0.15) is 17.7 Å². The number of ether oxygens (including phenoxy) is 1. The summed E-state index contributed by atoms with van der Waals surface area (Å²) >= 11 is 0. The Balaban J connectivity index is 1.80. The van der Waals surface area contributed by atoms with Crippen molar-refractivity contribution in [2.24, 2.45) is 0 Å². The highest BCUT2D eigenvalue weighted by Gasteiger charge is 2.47. The van der Waals surface area contributed by atoms with Crippen LogP contribution in [0, 0.1) is 29.6 Å². The third kappa shape index (κ3) is 4.37. The number of nitriles is 2. The molecule has 0 amide bonds. The fraction of sp³-hybridized carbons (Fsp3) is 0.231. The Hall–Kier alpha value is -4.70. The van der Waals surface area contributed by atoms with Gasteiger partial charge >= 0.3 is 13.4 Å². The summed E-state index contributed by atoms with van der Waals surface area (Å²) < 4.78 is 5.34. The van der Waals surface area contributed by atoms with E-state index in [0.717, 1.165) is 5.56 Å². The summed E-state index contributed by atoms with van der Waals surface area (Å²) in [7, 11) is 1.31. The molecule has 1 aliphatic rings. The zero-order chi connectivity index (χ0) is 25.9. The molecular formula is C26H22BN6O3. The molecule has 1 radical (unpaired) electrons. The predicted octanol–water partition coefficient (Wildman–Crippen LogP) is 3.39. The molecule has 10 heteroatoms. The number of anilines is 3. The number of esters is 1. The molecule has 0 bridgehead atoms. The van der Waals surface area contributed by atoms with E-state index in [1.54, 1.807) is 55.2 Å². The van der Waals surface area contributed by atoms with E-state index in [2.05, 4.69) is 27.4 Å². The van der Waals surface area contributed by atoms with Gasteiger partial charge in [0.15, 0.2) is 0 Å². The number of carbonyl (C=O) groups is 2. The molecule has 0 aliphatic carbocycles. The van der Waals surface area contributed by atoms with Gasteiger partial charge < -0.3 is 19.7 Å². The van der Waals surface area contributed by atoms with Crippen LogP contribution in [0.25, 0.3) is 11.3 Å². The minimum atomic E-state index is -1.09. The molecule has 1 atom stereocenters. The van der Waals surface area contributed by atoms with E-state index in [0.29, 0.717) is 51.5 Å². The van der Waals surface area contributed by atoms with Crippen LogP contribution in [0.2, 0.25) is 0 Å². The lowest BCUT2D eigenvalue weighted by molar-refractivity contribution is -0.148. The van der Waals surface area contributed by atoms with Crippen molar-refractivity contribution in [3.63, 3.8) is 0 Å². The summed E-state index contributed by atoms with van der Waals surface area (Å²) in [5.41, 5.74) is 3.57. The minimum Gasteiger partial charge on any atom is -0.465 e. The number of aryl methyl sites for hydroxylation is 1. The molecule has 0 saturated heterocycles. The number of fused-ring (bicyclic) bond motifs is 1. The number of nitrogens with zero attached hydrogens (tertiary/aromatic N) is 5. The molecule has 177 valence electrons. The van der Waals surface area contributed by atoms with Crippen molar-refractivity contribution in [1.29, 1.82) is 10.5 Å². The van der Waals surface area contributed by atoms with Gasteiger partial charge in [-0.2, -0.15) is 10.5 Å². The van der Waals surface area contributed by atoms with Crippen LogP contribution in [-0.2, 0) is 19.7 Å². The standard InChI is InChI=1S/C26H22BN6O3/c1-4-36-24(35)26(3)14-33(27-15-34)23-19(13-29)10-18(11-20(23)26)21-7-8-30-25(31-21)32-22-9-17(12-28)6-5-16(22)2/h5-11,15H,4,14H2,1-3H3,(H,30,31,32)/t26-/m0/s1. The summed E-state index contributed by atoms with van der Waals surface area (Å²) in [5, 5.41) is 22.3. The average Bonchev–Trinajstić information content (AvgIpc) is 3.18. The Morgan fingerprint density at radius 3 is 2.78 bits per heavy atom. The SMILES string of the molecule is CCOC(=O)[C@@]1(C)CN([B]C=O)c2c(C#N)cc(-c3ccnc(Nc4cc(C#N)ccc4C)n3)cc21. The quantitative estimate of drug-likeness (QED) is 0.309. The second-order valence-electron chi connectivity index (χ2n) is 8.53. The first-order valence-electron chi connectivity index (χ1n) is 11.3. The summed E-state index contributed by atoms with van der Waals surface area (Å²) in [5.74, 6) is -0.124. The molecule has 3 aromatic rings. The van der Waals surface area contributed by atoms with Gasteiger partial charge in [-0.05, 0) is 62.2 Å². The van der Waals surface area contributed by atoms with Crippen molar-refractivity contribution in [2.45, 2.75) is 26.2 Å². The van der Waals surface area contributed by atoms with E-state index in [1.807, 2.05) is 13.0 Å². The fourth-order valence-electron chi connectivity index (χ4n) is 4.29. The fourth-order valence-corrected chi connectivity index (χ4v) is 4.29. The van der Waals surface area contributed by atoms with Crippen molar-refractivity contribution in [3.8, 4) is 23.4 Å². The largest absolute Gasteiger partial charge is 0.465 e. The summed E-state index contributed by atoms with van der Waals surface area (Å²) in [6, 6.07) is 14.8. The first kappa shape index (κ1) is 24.4. The number of hydrogen-bond acceptors (Lipinski definition) is 9. The summed E-state index contributed by atoms with van der Waals surface area (Å²) in [4.78, 5) is 34.8. The van der Waals surface area contributed by atoms with E-state index in [4.69, 9.17) is 4.74 Å². The molecule has 0 saturated carbocycles. The van der Waals surface area contributed by atoms with Crippen LogP contribution in [0.5, 0.6) is 0 Å². The molecule has 2 aromatic carbocycles. The van der Waals surface area contributed by atoms with Crippen molar-refractivity contribution < 1.29 is 14.3 Å². The number of benzene rings is 2. The highest BCUT2D eigenvalue weighted by Crippen LogP contribution is 2.45. The molecule has 1 aliphatic heterocycles. The Bertz CT molecular complexity index is 1440. The third-order valence-corrected chi connectivity index (χ3v) is 6.13. The lowest BCUT2D eigenvalue weighted by atomic mass is 9.82. The highest BCUT2D eigenvalue weighted by molar-refractivity contribution is 6.70. The van der Waals surface area contributed by atoms with Gasteiger partial charge in [0.05, 0.1) is 29.5 Å². The Labute approximate surface area is 209 Å². The van der Waals surface area contributed by atoms with Crippen LogP contribution in [0.4, 0.5) is 17.3 Å². The maximum Gasteiger partial charge on any atom is 0.329 e. The van der Waals surface area contributed by atoms with E-state index < -0.39 is 11.4 Å². The Morgan fingerprint density at radius 2 is 2.08 bits per heavy atom. The van der Waals surface area contributed by atoms with Gasteiger partial charge in [-0.1, -0.05) is 6.07 Å². The molecule has 2 heterocycles. The monoisotopic (exact) mass is 477 g/mol. The van der Waals surface area contributed by atoms with Crippen molar-refractivity contribution >= 4 is 36.9 Å². The average molecular weight is 477 g/mol. The van der Waals surface area contributed by atoms with Gasteiger partial charge in [0, 0.05) is 29.7 Å². The summed E-state index contributed by atoms with van der Waals surface area (Å²) in [6.45, 7) is 5.76. The smallest absolute Gasteiger partial charge is 0.329 e. The Kier molecular flexibility index (Phi) is 6.71. The number of rotatable bonds is 7. The lowest BCUT2D eigenvalue weighted by Crippen LogP contribution is -2.40. The molecule has 4 rings (SSSR count). The maximum absolute atomic E-state index is 13.0.